The first-order valence-corrected chi connectivity index (χ1v) is 15.8. The summed E-state index contributed by atoms with van der Waals surface area (Å²) < 4.78 is 115. The van der Waals surface area contributed by atoms with Crippen molar-refractivity contribution in [3.8, 4) is 0 Å². The second-order valence-corrected chi connectivity index (χ2v) is 12.4. The number of anilines is 1. The van der Waals surface area contributed by atoms with Crippen LogP contribution in [0.2, 0.25) is 0 Å². The quantitative estimate of drug-likeness (QED) is 0.203. The Morgan fingerprint density at radius 3 is 1.98 bits per heavy atom. The van der Waals surface area contributed by atoms with E-state index in [4.69, 9.17) is 18.9 Å². The molecule has 0 aromatic heterocycles. The molecule has 6 rings (SSSR count). The lowest BCUT2D eigenvalue weighted by Gasteiger charge is -2.37. The number of alkyl halides is 2. The average Bonchev–Trinajstić information content (AvgIpc) is 3.64. The molecule has 274 valence electrons. The number of allylic oxidation sites excluding steroid dienone is 2. The number of ether oxygens (including phenoxy) is 4. The van der Waals surface area contributed by atoms with E-state index in [9.17, 15) is 28.0 Å². The summed E-state index contributed by atoms with van der Waals surface area (Å²) in [4.78, 5) is 53.6. The van der Waals surface area contributed by atoms with Gasteiger partial charge in [0.2, 0.25) is 0 Å². The van der Waals surface area contributed by atoms with Crippen LogP contribution in [0.4, 0.5) is 32.0 Å². The lowest BCUT2D eigenvalue weighted by atomic mass is 9.76. The molecule has 0 saturated heterocycles. The summed E-state index contributed by atoms with van der Waals surface area (Å²) in [6.07, 6.45) is -4.31. The van der Waals surface area contributed by atoms with Gasteiger partial charge in [-0.15, -0.1) is 0 Å². The molecule has 2 aromatic rings. The summed E-state index contributed by atoms with van der Waals surface area (Å²) in [5.41, 5.74) is -5.28. The third-order valence-corrected chi connectivity index (χ3v) is 9.50. The molecule has 1 N–H and O–H groups in total. The molecule has 4 aliphatic rings. The van der Waals surface area contributed by atoms with Crippen LogP contribution < -0.4 is 10.2 Å². The summed E-state index contributed by atoms with van der Waals surface area (Å²) in [6, 6.07) is 1.86. The minimum absolute atomic E-state index is 0.145. The number of hydrogen-bond acceptors (Lipinski definition) is 10. The molecule has 52 heavy (non-hydrogen) atoms. The van der Waals surface area contributed by atoms with Crippen LogP contribution in [0, 0.1) is 23.3 Å². The number of nitrogens with zero attached hydrogens (tertiary/aromatic N) is 1. The van der Waals surface area contributed by atoms with Gasteiger partial charge < -0.3 is 29.2 Å². The SMILES string of the molecule is COC(=O)C1=C(C)NC2=C(C(=O)OC2)[C@H]1c1cc(F)c(N2C(C)=C(C(=O)OC)[C@H](c3cc(F)cc(F)c3[C@@H](C)F)C3=C2COC3=O)c(F)c1[C@H](C)F. The molecule has 0 saturated carbocycles. The Labute approximate surface area is 292 Å². The van der Waals surface area contributed by atoms with Crippen molar-refractivity contribution >= 4 is 29.6 Å². The second-order valence-electron chi connectivity index (χ2n) is 12.4. The maximum atomic E-state index is 17.1. The van der Waals surface area contributed by atoms with Crippen LogP contribution >= 0.6 is 0 Å². The number of carbonyl (C=O) groups is 4. The Balaban J connectivity index is 1.66. The molecule has 16 heteroatoms. The number of carbonyl (C=O) groups excluding carboxylic acids is 4. The Kier molecular flexibility index (Phi) is 9.21. The van der Waals surface area contributed by atoms with Crippen LogP contribution in [0.15, 0.2) is 63.3 Å². The highest BCUT2D eigenvalue weighted by Gasteiger charge is 2.49. The minimum atomic E-state index is -2.23. The predicted molar refractivity (Wildman–Crippen MR) is 168 cm³/mol. The van der Waals surface area contributed by atoms with Crippen LogP contribution in [-0.4, -0.2) is 51.3 Å². The van der Waals surface area contributed by atoms with E-state index in [-0.39, 0.29) is 40.5 Å². The van der Waals surface area contributed by atoms with Crippen LogP contribution in [0.5, 0.6) is 0 Å². The fourth-order valence-electron chi connectivity index (χ4n) is 7.45. The zero-order valence-corrected chi connectivity index (χ0v) is 28.4. The molecule has 4 atom stereocenters. The monoisotopic (exact) mass is 732 g/mol. The lowest BCUT2D eigenvalue weighted by Crippen LogP contribution is -2.35. The van der Waals surface area contributed by atoms with Crippen molar-refractivity contribution in [1.29, 1.82) is 0 Å². The normalized spacial score (nSPS) is 21.1. The van der Waals surface area contributed by atoms with Gasteiger partial charge in [0.1, 0.15) is 42.9 Å². The molecule has 10 nitrogen and oxygen atoms in total. The fraction of sp³-hybridized carbons (Fsp3) is 0.333. The van der Waals surface area contributed by atoms with Crippen molar-refractivity contribution in [3.63, 3.8) is 0 Å². The molecule has 0 radical (unpaired) electrons. The van der Waals surface area contributed by atoms with E-state index in [2.05, 4.69) is 5.32 Å². The summed E-state index contributed by atoms with van der Waals surface area (Å²) in [6.45, 7) is 3.57. The van der Waals surface area contributed by atoms with E-state index < -0.39 is 117 Å². The molecule has 0 bridgehead atoms. The van der Waals surface area contributed by atoms with Gasteiger partial charge in [-0.1, -0.05) is 0 Å². The number of rotatable bonds is 7. The van der Waals surface area contributed by atoms with Crippen LogP contribution in [-0.2, 0) is 38.1 Å². The van der Waals surface area contributed by atoms with E-state index in [1.54, 1.807) is 0 Å². The third kappa shape index (κ3) is 5.42. The first kappa shape index (κ1) is 36.3. The summed E-state index contributed by atoms with van der Waals surface area (Å²) >= 11 is 0. The van der Waals surface area contributed by atoms with Crippen molar-refractivity contribution in [3.05, 3.63) is 109 Å². The van der Waals surface area contributed by atoms with E-state index in [0.29, 0.717) is 12.1 Å². The van der Waals surface area contributed by atoms with Crippen molar-refractivity contribution in [2.24, 2.45) is 0 Å². The molecular weight excluding hydrogens is 702 g/mol. The molecular formula is C36H30F6N2O8. The number of nitrogens with one attached hydrogen (secondary N) is 1. The molecule has 0 amide bonds. The van der Waals surface area contributed by atoms with Gasteiger partial charge in [-0.05, 0) is 51.0 Å². The Hall–Kier alpha value is -5.54. The van der Waals surface area contributed by atoms with Crippen molar-refractivity contribution in [2.75, 3.05) is 32.3 Å². The van der Waals surface area contributed by atoms with Crippen LogP contribution in [0.3, 0.4) is 0 Å². The molecule has 0 unspecified atom stereocenters. The maximum absolute atomic E-state index is 17.1. The largest absolute Gasteiger partial charge is 0.466 e. The lowest BCUT2D eigenvalue weighted by molar-refractivity contribution is -0.138. The van der Waals surface area contributed by atoms with E-state index in [0.717, 1.165) is 39.0 Å². The van der Waals surface area contributed by atoms with Gasteiger partial charge in [-0.25, -0.2) is 45.5 Å². The minimum Gasteiger partial charge on any atom is -0.466 e. The first-order valence-electron chi connectivity index (χ1n) is 15.8. The van der Waals surface area contributed by atoms with Crippen molar-refractivity contribution < 1.29 is 64.5 Å². The highest BCUT2D eigenvalue weighted by Crippen LogP contribution is 2.52. The third-order valence-electron chi connectivity index (χ3n) is 9.50. The molecule has 0 spiro atoms. The zero-order valence-electron chi connectivity index (χ0n) is 28.4. The zero-order chi connectivity index (χ0) is 38.1. The number of benzene rings is 2. The standard InChI is InChI=1S/C36H30F6N2O8/c1-12(37)23-17(7-16(39)8-19(23)40)28-26(34(46)50-6)15(4)44(22-11-52-36(48)30(22)28)32-20(41)9-18(24(13(2)38)31(32)42)27-25(33(45)49-5)14(3)43-21-10-51-35(47)29(21)27/h7-9,12-13,27-28,43H,10-11H2,1-6H3/t12-,13+,27+,28+/m1/s1. The van der Waals surface area contributed by atoms with Gasteiger partial charge in [0, 0.05) is 28.6 Å². The summed E-state index contributed by atoms with van der Waals surface area (Å²) in [5, 5.41) is 2.86. The van der Waals surface area contributed by atoms with Crippen molar-refractivity contribution in [2.45, 2.75) is 51.9 Å². The van der Waals surface area contributed by atoms with Gasteiger partial charge in [-0.3, -0.25) is 0 Å². The fourth-order valence-corrected chi connectivity index (χ4v) is 7.45. The van der Waals surface area contributed by atoms with Crippen molar-refractivity contribution in [1.82, 2.24) is 5.32 Å². The van der Waals surface area contributed by atoms with Gasteiger partial charge in [-0.2, -0.15) is 0 Å². The average molecular weight is 733 g/mol. The molecule has 0 aliphatic carbocycles. The van der Waals surface area contributed by atoms with Crippen LogP contribution in [0.1, 0.15) is 74.1 Å². The highest BCUT2D eigenvalue weighted by atomic mass is 19.2. The number of halogens is 6. The number of dihydropyridines is 1. The molecule has 4 heterocycles. The van der Waals surface area contributed by atoms with Gasteiger partial charge in [0.15, 0.2) is 11.6 Å². The summed E-state index contributed by atoms with van der Waals surface area (Å²) in [5.74, 6) is -13.1. The van der Waals surface area contributed by atoms with Gasteiger partial charge in [0.25, 0.3) is 0 Å². The van der Waals surface area contributed by atoms with Gasteiger partial charge in [0.05, 0.1) is 59.7 Å². The van der Waals surface area contributed by atoms with Crippen LogP contribution in [0.25, 0.3) is 0 Å². The first-order chi connectivity index (χ1) is 24.5. The van der Waals surface area contributed by atoms with Gasteiger partial charge >= 0.3 is 23.9 Å². The molecule has 4 aliphatic heterocycles. The van der Waals surface area contributed by atoms with E-state index >= 15 is 17.6 Å². The molecule has 0 fully saturated rings. The number of methoxy groups -OCH3 is 2. The smallest absolute Gasteiger partial charge is 0.337 e. The predicted octanol–water partition coefficient (Wildman–Crippen LogP) is 6.11. The Bertz CT molecular complexity index is 2120. The van der Waals surface area contributed by atoms with E-state index in [1.807, 2.05) is 0 Å². The van der Waals surface area contributed by atoms with E-state index in [1.165, 1.54) is 13.8 Å². The second kappa shape index (κ2) is 13.2. The summed E-state index contributed by atoms with van der Waals surface area (Å²) in [7, 11) is 1.98. The maximum Gasteiger partial charge on any atom is 0.337 e. The Morgan fingerprint density at radius 1 is 0.808 bits per heavy atom. The number of cyclic esters (lactones) is 2. The highest BCUT2D eigenvalue weighted by molar-refractivity contribution is 6.04. The topological polar surface area (TPSA) is 120 Å². The number of hydrogen-bond donors (Lipinski definition) is 1. The Morgan fingerprint density at radius 2 is 1.37 bits per heavy atom. The molecule has 2 aromatic carbocycles. The number of esters is 4.